The first-order valence-electron chi connectivity index (χ1n) is 9.92. The summed E-state index contributed by atoms with van der Waals surface area (Å²) >= 11 is 0. The Hall–Kier alpha value is -3.78. The molecule has 1 fully saturated rings. The van der Waals surface area contributed by atoms with Crippen molar-refractivity contribution in [3.63, 3.8) is 0 Å². The average Bonchev–Trinajstić information content (AvgIpc) is 3.46. The normalized spacial score (nSPS) is 15.3. The Morgan fingerprint density at radius 1 is 1.00 bits per heavy atom. The molecule has 1 saturated carbocycles. The van der Waals surface area contributed by atoms with Gasteiger partial charge in [0, 0.05) is 5.69 Å². The smallest absolute Gasteiger partial charge is 0.235 e. The number of carbonyl (C=O) groups excluding carboxylic acids is 1. The zero-order chi connectivity index (χ0) is 20.7. The van der Waals surface area contributed by atoms with Crippen molar-refractivity contribution in [2.75, 3.05) is 12.1 Å². The Morgan fingerprint density at radius 3 is 2.50 bits per heavy atom. The van der Waals surface area contributed by atoms with Crippen LogP contribution in [0, 0.1) is 18.3 Å². The minimum atomic E-state index is -0.513. The van der Waals surface area contributed by atoms with E-state index in [9.17, 15) is 4.79 Å². The van der Waals surface area contributed by atoms with Gasteiger partial charge >= 0.3 is 0 Å². The minimum Gasteiger partial charge on any atom is -0.454 e. The first-order chi connectivity index (χ1) is 14.6. The molecule has 1 aliphatic carbocycles. The lowest BCUT2D eigenvalue weighted by Gasteiger charge is -2.17. The van der Waals surface area contributed by atoms with Crippen LogP contribution < -0.4 is 14.8 Å². The van der Waals surface area contributed by atoms with Crippen molar-refractivity contribution in [2.24, 2.45) is 0 Å². The SMILES string of the molecule is Cc1ccc(NC(=O)C2(c3ccc4c(c3)OCO4)CC2)cc1-c1ccc(C#N)cc1. The molecule has 0 saturated heterocycles. The van der Waals surface area contributed by atoms with Gasteiger partial charge in [0.05, 0.1) is 17.0 Å². The van der Waals surface area contributed by atoms with Gasteiger partial charge in [-0.3, -0.25) is 4.79 Å². The van der Waals surface area contributed by atoms with E-state index in [-0.39, 0.29) is 12.7 Å². The quantitative estimate of drug-likeness (QED) is 0.679. The van der Waals surface area contributed by atoms with Crippen LogP contribution in [-0.2, 0) is 10.2 Å². The number of rotatable bonds is 4. The maximum Gasteiger partial charge on any atom is 0.235 e. The van der Waals surface area contributed by atoms with E-state index in [1.807, 2.05) is 55.5 Å². The van der Waals surface area contributed by atoms with Crippen LogP contribution in [0.4, 0.5) is 5.69 Å². The highest BCUT2D eigenvalue weighted by molar-refractivity contribution is 6.02. The van der Waals surface area contributed by atoms with E-state index >= 15 is 0 Å². The van der Waals surface area contributed by atoms with Gasteiger partial charge in [-0.15, -0.1) is 0 Å². The second-order valence-electron chi connectivity index (χ2n) is 7.82. The lowest BCUT2D eigenvalue weighted by molar-refractivity contribution is -0.118. The molecule has 1 aliphatic heterocycles. The van der Waals surface area contributed by atoms with Gasteiger partial charge in [0.1, 0.15) is 0 Å². The monoisotopic (exact) mass is 396 g/mol. The molecule has 0 unspecified atom stereocenters. The maximum absolute atomic E-state index is 13.2. The number of hydrogen-bond acceptors (Lipinski definition) is 4. The van der Waals surface area contributed by atoms with Gasteiger partial charge in [-0.25, -0.2) is 0 Å². The van der Waals surface area contributed by atoms with E-state index < -0.39 is 5.41 Å². The number of anilines is 1. The lowest BCUT2D eigenvalue weighted by atomic mass is 9.94. The Morgan fingerprint density at radius 2 is 1.77 bits per heavy atom. The summed E-state index contributed by atoms with van der Waals surface area (Å²) in [6.45, 7) is 2.26. The number of nitrogens with zero attached hydrogens (tertiary/aromatic N) is 1. The van der Waals surface area contributed by atoms with E-state index in [0.29, 0.717) is 11.3 Å². The van der Waals surface area contributed by atoms with Crippen LogP contribution in [0.15, 0.2) is 60.7 Å². The molecule has 5 rings (SSSR count). The predicted octanol–water partition coefficient (Wildman–Crippen LogP) is 4.93. The highest BCUT2D eigenvalue weighted by atomic mass is 16.7. The molecule has 3 aromatic carbocycles. The molecule has 30 heavy (non-hydrogen) atoms. The molecule has 2 aliphatic rings. The van der Waals surface area contributed by atoms with Gasteiger partial charge in [0.2, 0.25) is 12.7 Å². The number of ether oxygens (including phenoxy) is 2. The fourth-order valence-electron chi connectivity index (χ4n) is 3.95. The molecular formula is C25H20N2O3. The Balaban J connectivity index is 1.40. The van der Waals surface area contributed by atoms with Crippen molar-refractivity contribution >= 4 is 11.6 Å². The third-order valence-electron chi connectivity index (χ3n) is 5.93. The molecular weight excluding hydrogens is 376 g/mol. The maximum atomic E-state index is 13.2. The van der Waals surface area contributed by atoms with Gasteiger partial charge in [-0.2, -0.15) is 5.26 Å². The number of hydrogen-bond donors (Lipinski definition) is 1. The summed E-state index contributed by atoms with van der Waals surface area (Å²) in [4.78, 5) is 13.2. The number of benzene rings is 3. The molecule has 0 aromatic heterocycles. The third-order valence-corrected chi connectivity index (χ3v) is 5.93. The van der Waals surface area contributed by atoms with Gasteiger partial charge in [0.15, 0.2) is 11.5 Å². The number of fused-ring (bicyclic) bond motifs is 1. The molecule has 0 spiro atoms. The van der Waals surface area contributed by atoms with Crippen LogP contribution in [0.2, 0.25) is 0 Å². The molecule has 0 bridgehead atoms. The summed E-state index contributed by atoms with van der Waals surface area (Å²) in [5.74, 6) is 1.42. The molecule has 5 nitrogen and oxygen atoms in total. The Bertz CT molecular complexity index is 1190. The zero-order valence-electron chi connectivity index (χ0n) is 16.6. The number of amides is 1. The van der Waals surface area contributed by atoms with Crippen LogP contribution in [0.3, 0.4) is 0 Å². The summed E-state index contributed by atoms with van der Waals surface area (Å²) in [5, 5.41) is 12.1. The number of aryl methyl sites for hydroxylation is 1. The molecule has 3 aromatic rings. The summed E-state index contributed by atoms with van der Waals surface area (Å²) in [5.41, 5.74) is 4.99. The average molecular weight is 396 g/mol. The predicted molar refractivity (Wildman–Crippen MR) is 113 cm³/mol. The van der Waals surface area contributed by atoms with E-state index in [2.05, 4.69) is 11.4 Å². The van der Waals surface area contributed by atoms with E-state index in [4.69, 9.17) is 14.7 Å². The molecule has 5 heteroatoms. The van der Waals surface area contributed by atoms with Gasteiger partial charge < -0.3 is 14.8 Å². The largest absolute Gasteiger partial charge is 0.454 e. The van der Waals surface area contributed by atoms with Gasteiger partial charge in [-0.05, 0) is 78.4 Å². The summed E-state index contributed by atoms with van der Waals surface area (Å²) in [6, 6.07) is 21.3. The van der Waals surface area contributed by atoms with E-state index in [0.717, 1.165) is 46.5 Å². The van der Waals surface area contributed by atoms with Crippen LogP contribution >= 0.6 is 0 Å². The van der Waals surface area contributed by atoms with E-state index in [1.165, 1.54) is 0 Å². The first-order valence-corrected chi connectivity index (χ1v) is 9.92. The van der Waals surface area contributed by atoms with Crippen LogP contribution in [-0.4, -0.2) is 12.7 Å². The molecule has 148 valence electrons. The minimum absolute atomic E-state index is 0.00371. The summed E-state index contributed by atoms with van der Waals surface area (Å²) < 4.78 is 10.9. The van der Waals surface area contributed by atoms with Crippen molar-refractivity contribution in [1.29, 1.82) is 5.26 Å². The Labute approximate surface area is 174 Å². The molecule has 0 atom stereocenters. The van der Waals surface area contributed by atoms with Gasteiger partial charge in [0.25, 0.3) is 0 Å². The Kier molecular flexibility index (Phi) is 4.22. The number of nitrogens with one attached hydrogen (secondary N) is 1. The molecule has 0 radical (unpaired) electrons. The van der Waals surface area contributed by atoms with Crippen molar-refractivity contribution < 1.29 is 14.3 Å². The number of nitriles is 1. The zero-order valence-corrected chi connectivity index (χ0v) is 16.6. The topological polar surface area (TPSA) is 71.3 Å². The lowest BCUT2D eigenvalue weighted by Crippen LogP contribution is -2.27. The number of carbonyl (C=O) groups is 1. The summed E-state index contributed by atoms with van der Waals surface area (Å²) in [6.07, 6.45) is 1.62. The fraction of sp³-hybridized carbons (Fsp3) is 0.200. The van der Waals surface area contributed by atoms with Crippen LogP contribution in [0.25, 0.3) is 11.1 Å². The molecule has 1 heterocycles. The highest BCUT2D eigenvalue weighted by Gasteiger charge is 2.51. The van der Waals surface area contributed by atoms with Crippen molar-refractivity contribution in [3.05, 3.63) is 77.4 Å². The highest BCUT2D eigenvalue weighted by Crippen LogP contribution is 2.51. The van der Waals surface area contributed by atoms with Crippen LogP contribution in [0.1, 0.15) is 29.5 Å². The first kappa shape index (κ1) is 18.3. The second kappa shape index (κ2) is 6.93. The van der Waals surface area contributed by atoms with Crippen molar-refractivity contribution in [2.45, 2.75) is 25.2 Å². The second-order valence-corrected chi connectivity index (χ2v) is 7.82. The van der Waals surface area contributed by atoms with Gasteiger partial charge in [-0.1, -0.05) is 24.3 Å². The fourth-order valence-corrected chi connectivity index (χ4v) is 3.95. The van der Waals surface area contributed by atoms with Crippen LogP contribution in [0.5, 0.6) is 11.5 Å². The summed E-state index contributed by atoms with van der Waals surface area (Å²) in [7, 11) is 0. The van der Waals surface area contributed by atoms with E-state index in [1.54, 1.807) is 12.1 Å². The third kappa shape index (κ3) is 3.07. The van der Waals surface area contributed by atoms with Crippen molar-refractivity contribution in [1.82, 2.24) is 0 Å². The molecule has 1 amide bonds. The van der Waals surface area contributed by atoms with Crippen molar-refractivity contribution in [3.8, 4) is 28.7 Å². The molecule has 1 N–H and O–H groups in total. The standard InChI is InChI=1S/C25H20N2O3/c1-16-2-8-20(13-21(16)18-5-3-17(14-26)4-6-18)27-24(28)25(10-11-25)19-7-9-22-23(12-19)30-15-29-22/h2-9,12-13H,10-11,15H2,1H3,(H,27,28).